The molecular weight excluding hydrogens is 651 g/mol. The highest BCUT2D eigenvalue weighted by Crippen LogP contribution is 2.39. The van der Waals surface area contributed by atoms with Gasteiger partial charge in [0, 0.05) is 32.4 Å². The average Bonchev–Trinajstić information content (AvgIpc) is 3.31. The molecular formula is C31H34Cl2F4N6O3. The number of hydrogen-bond donors (Lipinski definition) is 2. The second kappa shape index (κ2) is 13.4. The third kappa shape index (κ3) is 7.42. The molecule has 1 saturated heterocycles. The zero-order valence-electron chi connectivity index (χ0n) is 25.5. The van der Waals surface area contributed by atoms with Gasteiger partial charge in [-0.3, -0.25) is 9.59 Å². The highest BCUT2D eigenvalue weighted by Gasteiger charge is 2.41. The van der Waals surface area contributed by atoms with Crippen LogP contribution in [-0.4, -0.2) is 65.2 Å². The number of carbonyl (C=O) groups is 2. The molecule has 0 atom stereocenters. The molecule has 2 heterocycles. The zero-order valence-corrected chi connectivity index (χ0v) is 27.0. The van der Waals surface area contributed by atoms with Gasteiger partial charge in [0.05, 0.1) is 57.1 Å². The Morgan fingerprint density at radius 3 is 2.39 bits per heavy atom. The molecule has 2 N–H and O–H groups in total. The SMILES string of the molecule is Cn1c(Nc2c(Cl)ccc(CNC(=O)C(C)(C)F)c2Cl)nc2cc(C(=O)N=C3CCC(C(F)(F)F)CC3)c(N3CCOCC3)cc21. The average molecular weight is 686 g/mol. The number of benzene rings is 2. The Morgan fingerprint density at radius 2 is 1.76 bits per heavy atom. The lowest BCUT2D eigenvalue weighted by Gasteiger charge is -2.30. The van der Waals surface area contributed by atoms with Crippen molar-refractivity contribution in [3.05, 3.63) is 45.4 Å². The first kappa shape index (κ1) is 33.9. The monoisotopic (exact) mass is 684 g/mol. The van der Waals surface area contributed by atoms with Gasteiger partial charge in [0.2, 0.25) is 5.95 Å². The Balaban J connectivity index is 1.46. The number of aromatic nitrogens is 2. The highest BCUT2D eigenvalue weighted by molar-refractivity contribution is 6.39. The zero-order chi connectivity index (χ0) is 33.4. The topological polar surface area (TPSA) is 101 Å². The molecule has 2 amide bonds. The van der Waals surface area contributed by atoms with Crippen LogP contribution in [0.4, 0.5) is 34.9 Å². The predicted octanol–water partition coefficient (Wildman–Crippen LogP) is 7.16. The number of alkyl halides is 4. The molecule has 0 unspecified atom stereocenters. The van der Waals surface area contributed by atoms with Crippen molar-refractivity contribution in [3.8, 4) is 0 Å². The number of imidazole rings is 1. The van der Waals surface area contributed by atoms with Crippen molar-refractivity contribution in [2.24, 2.45) is 18.0 Å². The number of anilines is 3. The summed E-state index contributed by atoms with van der Waals surface area (Å²) in [7, 11) is 1.77. The van der Waals surface area contributed by atoms with Crippen LogP contribution in [0.5, 0.6) is 0 Å². The fourth-order valence-electron chi connectivity index (χ4n) is 5.51. The first-order valence-electron chi connectivity index (χ1n) is 14.8. The normalized spacial score (nSPS) is 17.7. The molecule has 1 saturated carbocycles. The first-order valence-corrected chi connectivity index (χ1v) is 15.6. The number of nitrogens with one attached hydrogen (secondary N) is 2. The summed E-state index contributed by atoms with van der Waals surface area (Å²) in [5, 5.41) is 6.15. The van der Waals surface area contributed by atoms with Gasteiger partial charge in [-0.1, -0.05) is 29.3 Å². The van der Waals surface area contributed by atoms with Gasteiger partial charge < -0.3 is 24.8 Å². The van der Waals surface area contributed by atoms with Gasteiger partial charge in [0.15, 0.2) is 5.67 Å². The van der Waals surface area contributed by atoms with E-state index in [0.29, 0.717) is 65.9 Å². The molecule has 0 spiro atoms. The lowest BCUT2D eigenvalue weighted by Crippen LogP contribution is -2.38. The summed E-state index contributed by atoms with van der Waals surface area (Å²) < 4.78 is 60.8. The first-order chi connectivity index (χ1) is 21.6. The second-order valence-electron chi connectivity index (χ2n) is 11.9. The van der Waals surface area contributed by atoms with Crippen molar-refractivity contribution in [1.29, 1.82) is 0 Å². The van der Waals surface area contributed by atoms with Gasteiger partial charge >= 0.3 is 6.18 Å². The van der Waals surface area contributed by atoms with E-state index in [9.17, 15) is 27.2 Å². The molecule has 15 heteroatoms. The van der Waals surface area contributed by atoms with Gasteiger partial charge in [-0.15, -0.1) is 0 Å². The summed E-state index contributed by atoms with van der Waals surface area (Å²) in [6.45, 7) is 4.28. The summed E-state index contributed by atoms with van der Waals surface area (Å²) in [4.78, 5) is 36.6. The molecule has 46 heavy (non-hydrogen) atoms. The Kier molecular flexibility index (Phi) is 9.86. The van der Waals surface area contributed by atoms with Crippen LogP contribution in [0.3, 0.4) is 0 Å². The third-order valence-corrected chi connectivity index (χ3v) is 9.00. The van der Waals surface area contributed by atoms with Gasteiger partial charge in [-0.25, -0.2) is 14.4 Å². The molecule has 5 rings (SSSR count). The van der Waals surface area contributed by atoms with Crippen LogP contribution in [0.2, 0.25) is 10.0 Å². The number of fused-ring (bicyclic) bond motifs is 1. The van der Waals surface area contributed by atoms with Crippen molar-refractivity contribution in [3.63, 3.8) is 0 Å². The molecule has 1 aromatic heterocycles. The van der Waals surface area contributed by atoms with Crippen LogP contribution < -0.4 is 15.5 Å². The van der Waals surface area contributed by atoms with E-state index in [1.165, 1.54) is 0 Å². The van der Waals surface area contributed by atoms with Crippen LogP contribution >= 0.6 is 23.2 Å². The minimum absolute atomic E-state index is 0.0346. The summed E-state index contributed by atoms with van der Waals surface area (Å²) in [6.07, 6.45) is -4.22. The van der Waals surface area contributed by atoms with E-state index in [1.807, 2.05) is 11.0 Å². The highest BCUT2D eigenvalue weighted by atomic mass is 35.5. The molecule has 1 aliphatic carbocycles. The number of halogens is 6. The summed E-state index contributed by atoms with van der Waals surface area (Å²) in [5.41, 5.74) is 1.26. The van der Waals surface area contributed by atoms with Crippen molar-refractivity contribution in [2.75, 3.05) is 36.5 Å². The molecule has 3 aromatic rings. The van der Waals surface area contributed by atoms with E-state index in [2.05, 4.69) is 20.6 Å². The van der Waals surface area contributed by atoms with Crippen LogP contribution in [0.15, 0.2) is 29.3 Å². The van der Waals surface area contributed by atoms with Crippen molar-refractivity contribution >= 4 is 69.1 Å². The number of amides is 2. The number of ether oxygens (including phenoxy) is 1. The lowest BCUT2D eigenvalue weighted by atomic mass is 9.87. The van der Waals surface area contributed by atoms with E-state index in [4.69, 9.17) is 27.9 Å². The molecule has 2 aromatic carbocycles. The molecule has 2 fully saturated rings. The maximum absolute atomic E-state index is 14.0. The number of hydrogen-bond acceptors (Lipinski definition) is 6. The Hall–Kier alpha value is -3.42. The molecule has 0 bridgehead atoms. The standard InChI is InChI=1S/C31H34Cl2F4N6O3/c1-30(2,34)28(45)38-16-17-4-9-21(32)26(25(17)33)41-29-40-22-14-20(23(15-24(22)42(29)3)43-10-12-46-13-11-43)27(44)39-19-7-5-18(6-8-19)31(35,36)37/h4,9,14-15,18H,5-8,10-13,16H2,1-3H3,(H,38,45)(H,40,41). The number of rotatable bonds is 7. The number of aliphatic imine (C=N–C) groups is 1. The summed E-state index contributed by atoms with van der Waals surface area (Å²) in [6, 6.07) is 6.68. The number of aryl methyl sites for hydroxylation is 1. The van der Waals surface area contributed by atoms with Crippen molar-refractivity contribution < 1.29 is 31.9 Å². The number of nitrogens with zero attached hydrogens (tertiary/aromatic N) is 4. The predicted molar refractivity (Wildman–Crippen MR) is 170 cm³/mol. The van der Waals surface area contributed by atoms with Crippen LogP contribution in [0.25, 0.3) is 11.0 Å². The minimum atomic E-state index is -4.26. The van der Waals surface area contributed by atoms with E-state index < -0.39 is 29.6 Å². The van der Waals surface area contributed by atoms with E-state index in [-0.39, 0.29) is 47.8 Å². The summed E-state index contributed by atoms with van der Waals surface area (Å²) >= 11 is 13.1. The maximum atomic E-state index is 14.0. The van der Waals surface area contributed by atoms with Crippen molar-refractivity contribution in [1.82, 2.24) is 14.9 Å². The van der Waals surface area contributed by atoms with E-state index in [1.54, 1.807) is 29.8 Å². The molecule has 0 radical (unpaired) electrons. The molecule has 248 valence electrons. The summed E-state index contributed by atoms with van der Waals surface area (Å²) in [5.74, 6) is -2.37. The fourth-order valence-corrected chi connectivity index (χ4v) is 6.05. The largest absolute Gasteiger partial charge is 0.391 e. The van der Waals surface area contributed by atoms with Crippen LogP contribution in [-0.2, 0) is 23.1 Å². The Bertz CT molecular complexity index is 1670. The maximum Gasteiger partial charge on any atom is 0.391 e. The van der Waals surface area contributed by atoms with Crippen LogP contribution in [0.1, 0.15) is 55.5 Å². The van der Waals surface area contributed by atoms with Crippen molar-refractivity contribution in [2.45, 2.75) is 57.9 Å². The Labute approximate surface area is 273 Å². The fraction of sp³-hybridized carbons (Fsp3) is 0.484. The van der Waals surface area contributed by atoms with E-state index in [0.717, 1.165) is 13.8 Å². The minimum Gasteiger partial charge on any atom is -0.378 e. The smallest absolute Gasteiger partial charge is 0.378 e. The lowest BCUT2D eigenvalue weighted by molar-refractivity contribution is -0.178. The molecule has 9 nitrogen and oxygen atoms in total. The Morgan fingerprint density at radius 1 is 1.09 bits per heavy atom. The second-order valence-corrected chi connectivity index (χ2v) is 12.7. The molecule has 1 aliphatic heterocycles. The number of carbonyl (C=O) groups excluding carboxylic acids is 2. The quantitative estimate of drug-likeness (QED) is 0.256. The molecule has 2 aliphatic rings. The van der Waals surface area contributed by atoms with Gasteiger partial charge in [-0.05, 0) is 63.3 Å². The van der Waals surface area contributed by atoms with Crippen LogP contribution in [0, 0.1) is 5.92 Å². The van der Waals surface area contributed by atoms with Gasteiger partial charge in [-0.2, -0.15) is 13.2 Å². The van der Waals surface area contributed by atoms with Gasteiger partial charge in [0.1, 0.15) is 0 Å². The van der Waals surface area contributed by atoms with Gasteiger partial charge in [0.25, 0.3) is 11.8 Å². The number of morpholine rings is 1. The van der Waals surface area contributed by atoms with E-state index >= 15 is 0 Å². The third-order valence-electron chi connectivity index (χ3n) is 8.25.